The highest BCUT2D eigenvalue weighted by Crippen LogP contribution is 1.98. The van der Waals surface area contributed by atoms with E-state index in [1.165, 1.54) is 0 Å². The van der Waals surface area contributed by atoms with Gasteiger partial charge in [0.15, 0.2) is 6.29 Å². The molecule has 160 valence electrons. The van der Waals surface area contributed by atoms with Crippen LogP contribution in [0.3, 0.4) is 0 Å². The highest BCUT2D eigenvalue weighted by molar-refractivity contribution is 5.56. The van der Waals surface area contributed by atoms with Crippen molar-refractivity contribution in [3.05, 3.63) is 0 Å². The van der Waals surface area contributed by atoms with Crippen LogP contribution in [0, 0.1) is 0 Å². The van der Waals surface area contributed by atoms with E-state index in [1.807, 2.05) is 0 Å². The second-order valence-corrected chi connectivity index (χ2v) is 4.88. The Bertz CT molecular complexity index is 292. The van der Waals surface area contributed by atoms with Crippen molar-refractivity contribution in [1.29, 1.82) is 0 Å². The maximum absolute atomic E-state index is 9.76. The van der Waals surface area contributed by atoms with E-state index in [4.69, 9.17) is 61.3 Å². The summed E-state index contributed by atoms with van der Waals surface area (Å²) in [7, 11) is 0. The summed E-state index contributed by atoms with van der Waals surface area (Å²) in [5.41, 5.74) is 0. The fourth-order valence-electron chi connectivity index (χ4n) is 0.946. The van der Waals surface area contributed by atoms with Crippen LogP contribution in [0.2, 0.25) is 0 Å². The molecule has 0 aromatic heterocycles. The molecule has 0 aromatic rings. The lowest BCUT2D eigenvalue weighted by atomic mass is 10.1. The SMILES string of the molecule is O=C[C@H](O)[C@@H](O)[C@H](O)CO.OCC(O)CO.OC[C@@H](O)[C@H](O)[C@@H](O)CO. The summed E-state index contributed by atoms with van der Waals surface area (Å²) in [6, 6.07) is 0. The van der Waals surface area contributed by atoms with Gasteiger partial charge >= 0.3 is 0 Å². The molecule has 0 aliphatic rings. The number of aliphatic hydroxyl groups is 12. The topological polar surface area (TPSA) is 260 Å². The van der Waals surface area contributed by atoms with Crippen molar-refractivity contribution >= 4 is 6.29 Å². The zero-order chi connectivity index (χ0) is 21.3. The molecule has 0 bridgehead atoms. The molecule has 0 saturated heterocycles. The molecule has 0 spiro atoms. The van der Waals surface area contributed by atoms with E-state index in [9.17, 15) is 4.79 Å². The third-order valence-electron chi connectivity index (χ3n) is 2.65. The summed E-state index contributed by atoms with van der Waals surface area (Å²) in [5.74, 6) is 0. The van der Waals surface area contributed by atoms with Gasteiger partial charge in [0, 0.05) is 0 Å². The number of rotatable bonds is 10. The first-order chi connectivity index (χ1) is 12.1. The Labute approximate surface area is 149 Å². The molecule has 12 N–H and O–H groups in total. The smallest absolute Gasteiger partial charge is 0.151 e. The van der Waals surface area contributed by atoms with Crippen molar-refractivity contribution in [3.63, 3.8) is 0 Å². The van der Waals surface area contributed by atoms with Crippen LogP contribution in [0.1, 0.15) is 0 Å². The van der Waals surface area contributed by atoms with Gasteiger partial charge < -0.3 is 66.1 Å². The Morgan fingerprint density at radius 2 is 0.846 bits per heavy atom. The van der Waals surface area contributed by atoms with Crippen molar-refractivity contribution < 1.29 is 66.1 Å². The number of carbonyl (C=O) groups excluding carboxylic acids is 1. The molecule has 26 heavy (non-hydrogen) atoms. The average Bonchev–Trinajstić information content (AvgIpc) is 2.69. The Morgan fingerprint density at radius 1 is 0.538 bits per heavy atom. The van der Waals surface area contributed by atoms with Gasteiger partial charge in [-0.15, -0.1) is 0 Å². The largest absolute Gasteiger partial charge is 0.394 e. The molecule has 0 saturated carbocycles. The van der Waals surface area contributed by atoms with Crippen LogP contribution in [0.25, 0.3) is 0 Å². The first kappa shape index (κ1) is 29.9. The minimum Gasteiger partial charge on any atom is -0.394 e. The maximum atomic E-state index is 9.76. The molecule has 0 heterocycles. The number of aldehydes is 1. The third kappa shape index (κ3) is 15.4. The summed E-state index contributed by atoms with van der Waals surface area (Å²) in [4.78, 5) is 9.76. The van der Waals surface area contributed by atoms with Crippen LogP contribution >= 0.6 is 0 Å². The standard InChI is InChI=1S/C5H12O5.C5H10O5.C3H8O3/c2*6-1-3(8)5(10)4(9)2-7;4-1-3(6)2-5/h3-10H,1-2H2;1,3-5,7-10H,2H2;3-6H,1-2H2/t2*3-,4+,5+;/m.0./s1. The lowest BCUT2D eigenvalue weighted by Crippen LogP contribution is -2.41. The average molecular weight is 394 g/mol. The van der Waals surface area contributed by atoms with Gasteiger partial charge in [-0.05, 0) is 0 Å². The predicted molar refractivity (Wildman–Crippen MR) is 83.5 cm³/mol. The summed E-state index contributed by atoms with van der Waals surface area (Å²) in [5, 5.41) is 101. The molecule has 0 unspecified atom stereocenters. The fourth-order valence-corrected chi connectivity index (χ4v) is 0.946. The molecule has 0 radical (unpaired) electrons. The van der Waals surface area contributed by atoms with Gasteiger partial charge in [0.1, 0.15) is 42.7 Å². The maximum Gasteiger partial charge on any atom is 0.151 e. The summed E-state index contributed by atoms with van der Waals surface area (Å²) in [6.07, 6.45) is -9.88. The van der Waals surface area contributed by atoms with E-state index in [0.717, 1.165) is 0 Å². The van der Waals surface area contributed by atoms with E-state index >= 15 is 0 Å². The van der Waals surface area contributed by atoms with Crippen LogP contribution in [-0.4, -0.2) is 143 Å². The highest BCUT2D eigenvalue weighted by Gasteiger charge is 2.23. The number of hydrogen-bond donors (Lipinski definition) is 12. The van der Waals surface area contributed by atoms with Gasteiger partial charge in [-0.2, -0.15) is 0 Å². The molecule has 13 nitrogen and oxygen atoms in total. The molecule has 0 amide bonds. The minimum absolute atomic E-state index is 0.0869. The first-order valence-electron chi connectivity index (χ1n) is 7.33. The zero-order valence-electron chi connectivity index (χ0n) is 13.9. The van der Waals surface area contributed by atoms with Gasteiger partial charge in [-0.1, -0.05) is 0 Å². The molecule has 0 aliphatic carbocycles. The van der Waals surface area contributed by atoms with Crippen LogP contribution in [0.15, 0.2) is 0 Å². The second kappa shape index (κ2) is 19.0. The minimum atomic E-state index is -1.64. The zero-order valence-corrected chi connectivity index (χ0v) is 13.9. The van der Waals surface area contributed by atoms with Crippen molar-refractivity contribution in [2.45, 2.75) is 42.7 Å². The van der Waals surface area contributed by atoms with E-state index in [2.05, 4.69) is 0 Å². The Kier molecular flexibility index (Phi) is 21.8. The van der Waals surface area contributed by atoms with E-state index in [-0.39, 0.29) is 19.5 Å². The normalized spacial score (nSPS) is 17.6. The van der Waals surface area contributed by atoms with Crippen molar-refractivity contribution in [2.24, 2.45) is 0 Å². The van der Waals surface area contributed by atoms with Gasteiger partial charge in [0.2, 0.25) is 0 Å². The number of hydrogen-bond acceptors (Lipinski definition) is 13. The quantitative estimate of drug-likeness (QED) is 0.154. The van der Waals surface area contributed by atoms with Crippen LogP contribution in [-0.2, 0) is 4.79 Å². The third-order valence-corrected chi connectivity index (χ3v) is 2.65. The molecule has 13 heteroatoms. The van der Waals surface area contributed by atoms with Crippen molar-refractivity contribution in [2.75, 3.05) is 33.0 Å². The Morgan fingerprint density at radius 3 is 1.04 bits per heavy atom. The molecule has 0 fully saturated rings. The van der Waals surface area contributed by atoms with E-state index in [1.54, 1.807) is 0 Å². The van der Waals surface area contributed by atoms with E-state index < -0.39 is 62.5 Å². The molecule has 0 aromatic carbocycles. The van der Waals surface area contributed by atoms with Gasteiger partial charge in [0.05, 0.1) is 33.0 Å². The van der Waals surface area contributed by atoms with Gasteiger partial charge in [-0.25, -0.2) is 0 Å². The van der Waals surface area contributed by atoms with E-state index in [0.29, 0.717) is 0 Å². The monoisotopic (exact) mass is 394 g/mol. The summed E-state index contributed by atoms with van der Waals surface area (Å²) < 4.78 is 0. The highest BCUT2D eigenvalue weighted by atomic mass is 16.4. The van der Waals surface area contributed by atoms with Crippen LogP contribution in [0.4, 0.5) is 0 Å². The van der Waals surface area contributed by atoms with Gasteiger partial charge in [0.25, 0.3) is 0 Å². The molecule has 6 atom stereocenters. The van der Waals surface area contributed by atoms with Crippen LogP contribution in [0.5, 0.6) is 0 Å². The molecule has 0 rings (SSSR count). The molecular weight excluding hydrogens is 364 g/mol. The molecular formula is C13H30O13. The Balaban J connectivity index is -0.000000316. The van der Waals surface area contributed by atoms with Gasteiger partial charge in [-0.3, -0.25) is 0 Å². The first-order valence-corrected chi connectivity index (χ1v) is 7.33. The summed E-state index contributed by atoms with van der Waals surface area (Å²) >= 11 is 0. The van der Waals surface area contributed by atoms with Crippen LogP contribution < -0.4 is 0 Å². The Hall–Kier alpha value is -0.810. The van der Waals surface area contributed by atoms with Crippen molar-refractivity contribution in [1.82, 2.24) is 0 Å². The summed E-state index contributed by atoms with van der Waals surface area (Å²) in [6.45, 7) is -2.70. The number of carbonyl (C=O) groups is 1. The lowest BCUT2D eigenvalue weighted by molar-refractivity contribution is -0.127. The number of aliphatic hydroxyl groups excluding tert-OH is 12. The second-order valence-electron chi connectivity index (χ2n) is 4.88. The fraction of sp³-hybridized carbons (Fsp3) is 0.923. The van der Waals surface area contributed by atoms with Crippen molar-refractivity contribution in [3.8, 4) is 0 Å². The lowest BCUT2D eigenvalue weighted by Gasteiger charge is -2.19. The predicted octanol–water partition coefficient (Wildman–Crippen LogP) is -7.35. The molecule has 0 aliphatic heterocycles.